The molecule has 1 aromatic carbocycles. The Hall–Kier alpha value is -1.04. The number of rotatable bonds is 5. The fourth-order valence-electron chi connectivity index (χ4n) is 1.36. The van der Waals surface area contributed by atoms with Crippen molar-refractivity contribution in [1.29, 1.82) is 0 Å². The molecular formula is C12H14ClN3OS. The zero-order valence-electron chi connectivity index (χ0n) is 9.97. The van der Waals surface area contributed by atoms with Crippen LogP contribution in [-0.2, 0) is 5.75 Å². The molecule has 96 valence electrons. The van der Waals surface area contributed by atoms with Crippen LogP contribution in [0.1, 0.15) is 31.1 Å². The maximum absolute atomic E-state index is 5.91. The largest absolute Gasteiger partial charge is 0.338 e. The van der Waals surface area contributed by atoms with Crippen molar-refractivity contribution in [3.05, 3.63) is 41.0 Å². The fraction of sp³-hybridized carbons (Fsp3) is 0.333. The number of nitrogens with two attached hydrogens (primary N) is 1. The van der Waals surface area contributed by atoms with Crippen LogP contribution in [0.25, 0.3) is 0 Å². The second-order valence-corrected chi connectivity index (χ2v) is 5.29. The third-order valence-corrected chi connectivity index (χ3v) is 3.63. The number of hydrogen-bond donors (Lipinski definition) is 1. The van der Waals surface area contributed by atoms with E-state index in [4.69, 9.17) is 21.9 Å². The molecule has 2 aromatic rings. The maximum atomic E-state index is 5.91. The highest BCUT2D eigenvalue weighted by molar-refractivity contribution is 7.98. The van der Waals surface area contributed by atoms with E-state index < -0.39 is 0 Å². The van der Waals surface area contributed by atoms with E-state index in [0.717, 1.165) is 16.3 Å². The summed E-state index contributed by atoms with van der Waals surface area (Å²) in [6.07, 6.45) is 0.781. The lowest BCUT2D eigenvalue weighted by Crippen LogP contribution is -2.08. The van der Waals surface area contributed by atoms with Crippen molar-refractivity contribution in [2.75, 3.05) is 0 Å². The van der Waals surface area contributed by atoms with Gasteiger partial charge in [0, 0.05) is 9.92 Å². The molecule has 0 saturated heterocycles. The summed E-state index contributed by atoms with van der Waals surface area (Å²) in [6, 6.07) is 7.49. The zero-order valence-corrected chi connectivity index (χ0v) is 11.5. The molecular weight excluding hydrogens is 270 g/mol. The van der Waals surface area contributed by atoms with Gasteiger partial charge in [-0.15, -0.1) is 11.8 Å². The highest BCUT2D eigenvalue weighted by Gasteiger charge is 2.12. The van der Waals surface area contributed by atoms with E-state index in [0.29, 0.717) is 17.5 Å². The number of thioether (sulfide) groups is 1. The Morgan fingerprint density at radius 1 is 1.50 bits per heavy atom. The molecule has 0 bridgehead atoms. The molecule has 4 nitrogen and oxygen atoms in total. The molecule has 0 aliphatic rings. The maximum Gasteiger partial charge on any atom is 0.243 e. The predicted molar refractivity (Wildman–Crippen MR) is 72.5 cm³/mol. The molecule has 0 radical (unpaired) electrons. The summed E-state index contributed by atoms with van der Waals surface area (Å²) in [7, 11) is 0. The molecule has 1 heterocycles. The SMILES string of the molecule is CC[C@@H](N)c1nc(CSc2cccc(Cl)c2)no1. The van der Waals surface area contributed by atoms with Gasteiger partial charge in [0.15, 0.2) is 5.82 Å². The van der Waals surface area contributed by atoms with Gasteiger partial charge in [0.25, 0.3) is 0 Å². The predicted octanol–water partition coefficient (Wildman–Crippen LogP) is 3.43. The lowest BCUT2D eigenvalue weighted by molar-refractivity contribution is 0.349. The molecule has 0 amide bonds. The normalized spacial score (nSPS) is 12.6. The fourth-order valence-corrected chi connectivity index (χ4v) is 2.41. The van der Waals surface area contributed by atoms with E-state index in [9.17, 15) is 0 Å². The molecule has 1 atom stereocenters. The molecule has 0 aliphatic carbocycles. The van der Waals surface area contributed by atoms with Crippen molar-refractivity contribution >= 4 is 23.4 Å². The molecule has 0 fully saturated rings. The van der Waals surface area contributed by atoms with Gasteiger partial charge in [-0.3, -0.25) is 0 Å². The van der Waals surface area contributed by atoms with Crippen molar-refractivity contribution in [3.63, 3.8) is 0 Å². The van der Waals surface area contributed by atoms with Gasteiger partial charge in [-0.05, 0) is 24.6 Å². The molecule has 6 heteroatoms. The summed E-state index contributed by atoms with van der Waals surface area (Å²) >= 11 is 7.52. The highest BCUT2D eigenvalue weighted by Crippen LogP contribution is 2.24. The molecule has 0 aliphatic heterocycles. The monoisotopic (exact) mass is 283 g/mol. The van der Waals surface area contributed by atoms with Gasteiger partial charge in [0.1, 0.15) is 0 Å². The second kappa shape index (κ2) is 6.22. The van der Waals surface area contributed by atoms with Gasteiger partial charge in [0.2, 0.25) is 5.89 Å². The smallest absolute Gasteiger partial charge is 0.243 e. The number of aromatic nitrogens is 2. The lowest BCUT2D eigenvalue weighted by Gasteiger charge is -1.99. The van der Waals surface area contributed by atoms with Crippen LogP contribution in [0.3, 0.4) is 0 Å². The molecule has 0 saturated carbocycles. The van der Waals surface area contributed by atoms with E-state index in [1.54, 1.807) is 11.8 Å². The van der Waals surface area contributed by atoms with E-state index in [-0.39, 0.29) is 6.04 Å². The van der Waals surface area contributed by atoms with Crippen LogP contribution >= 0.6 is 23.4 Å². The minimum absolute atomic E-state index is 0.178. The van der Waals surface area contributed by atoms with E-state index in [1.807, 2.05) is 31.2 Å². The van der Waals surface area contributed by atoms with Gasteiger partial charge in [0.05, 0.1) is 11.8 Å². The van der Waals surface area contributed by atoms with E-state index in [1.165, 1.54) is 0 Å². The van der Waals surface area contributed by atoms with Crippen LogP contribution in [-0.4, -0.2) is 10.1 Å². The summed E-state index contributed by atoms with van der Waals surface area (Å²) in [6.45, 7) is 1.98. The van der Waals surface area contributed by atoms with E-state index in [2.05, 4.69) is 10.1 Å². The summed E-state index contributed by atoms with van der Waals surface area (Å²) < 4.78 is 5.10. The Labute approximate surface area is 115 Å². The van der Waals surface area contributed by atoms with Crippen LogP contribution in [0.15, 0.2) is 33.7 Å². The molecule has 2 rings (SSSR count). The average Bonchev–Trinajstić information content (AvgIpc) is 2.84. The zero-order chi connectivity index (χ0) is 13.0. The van der Waals surface area contributed by atoms with Gasteiger partial charge < -0.3 is 10.3 Å². The molecule has 0 spiro atoms. The Morgan fingerprint density at radius 2 is 2.33 bits per heavy atom. The third kappa shape index (κ3) is 3.48. The van der Waals surface area contributed by atoms with Gasteiger partial charge in [-0.2, -0.15) is 4.98 Å². The summed E-state index contributed by atoms with van der Waals surface area (Å²) in [5, 5.41) is 4.63. The Bertz CT molecular complexity index is 518. The topological polar surface area (TPSA) is 64.9 Å². The first-order chi connectivity index (χ1) is 8.69. The van der Waals surface area contributed by atoms with Crippen LogP contribution in [0.5, 0.6) is 0 Å². The molecule has 1 aromatic heterocycles. The number of benzene rings is 1. The van der Waals surface area contributed by atoms with Gasteiger partial charge in [-0.25, -0.2) is 0 Å². The summed E-state index contributed by atoms with van der Waals surface area (Å²) in [5.74, 6) is 1.79. The highest BCUT2D eigenvalue weighted by atomic mass is 35.5. The Morgan fingerprint density at radius 3 is 3.06 bits per heavy atom. The first-order valence-electron chi connectivity index (χ1n) is 5.65. The van der Waals surface area contributed by atoms with E-state index >= 15 is 0 Å². The standard InChI is InChI=1S/C12H14ClN3OS/c1-2-10(14)12-15-11(16-17-12)7-18-9-5-3-4-8(13)6-9/h3-6,10H,2,7,14H2,1H3/t10-/m1/s1. The molecule has 2 N–H and O–H groups in total. The van der Waals surface area contributed by atoms with Gasteiger partial charge >= 0.3 is 0 Å². The number of halogens is 1. The van der Waals surface area contributed by atoms with Crippen LogP contribution in [0, 0.1) is 0 Å². The van der Waals surface area contributed by atoms with Gasteiger partial charge in [-0.1, -0.05) is 29.7 Å². The second-order valence-electron chi connectivity index (χ2n) is 3.81. The van der Waals surface area contributed by atoms with Crippen molar-refractivity contribution in [1.82, 2.24) is 10.1 Å². The van der Waals surface area contributed by atoms with Crippen molar-refractivity contribution < 1.29 is 4.52 Å². The molecule has 0 unspecified atom stereocenters. The third-order valence-electron chi connectivity index (χ3n) is 2.40. The summed E-state index contributed by atoms with van der Waals surface area (Å²) in [4.78, 5) is 5.34. The first kappa shape index (κ1) is 13.4. The minimum Gasteiger partial charge on any atom is -0.338 e. The summed E-state index contributed by atoms with van der Waals surface area (Å²) in [5.41, 5.74) is 5.81. The Balaban J connectivity index is 1.96. The number of hydrogen-bond acceptors (Lipinski definition) is 5. The lowest BCUT2D eigenvalue weighted by atomic mass is 10.2. The minimum atomic E-state index is -0.178. The average molecular weight is 284 g/mol. The Kier molecular flexibility index (Phi) is 4.63. The van der Waals surface area contributed by atoms with Crippen LogP contribution in [0.4, 0.5) is 0 Å². The van der Waals surface area contributed by atoms with Crippen molar-refractivity contribution in [3.8, 4) is 0 Å². The van der Waals surface area contributed by atoms with Crippen molar-refractivity contribution in [2.24, 2.45) is 5.73 Å². The van der Waals surface area contributed by atoms with Crippen molar-refractivity contribution in [2.45, 2.75) is 30.0 Å². The van der Waals surface area contributed by atoms with Crippen LogP contribution < -0.4 is 5.73 Å². The van der Waals surface area contributed by atoms with Crippen LogP contribution in [0.2, 0.25) is 5.02 Å². The number of nitrogens with zero attached hydrogens (tertiary/aromatic N) is 2. The first-order valence-corrected chi connectivity index (χ1v) is 7.02. The molecule has 18 heavy (non-hydrogen) atoms. The quantitative estimate of drug-likeness (QED) is 0.852.